The Bertz CT molecular complexity index is 1570. The van der Waals surface area contributed by atoms with Crippen molar-refractivity contribution in [2.75, 3.05) is 13.2 Å². The molecule has 1 unspecified atom stereocenters. The number of carboxylic acid groups (broad SMARTS) is 1. The lowest BCUT2D eigenvalue weighted by Gasteiger charge is -2.37. The van der Waals surface area contributed by atoms with Gasteiger partial charge in [-0.25, -0.2) is 9.79 Å². The molecule has 0 bridgehead atoms. The number of aliphatic carboxylic acids is 1. The number of allylic oxidation sites excluding steroid dienone is 1. The molecular weight excluding hydrogens is 556 g/mol. The Hall–Kier alpha value is -3.43. The van der Waals surface area contributed by atoms with Gasteiger partial charge in [-0.05, 0) is 77.7 Å². The van der Waals surface area contributed by atoms with Crippen molar-refractivity contribution in [1.29, 1.82) is 0 Å². The van der Waals surface area contributed by atoms with Gasteiger partial charge < -0.3 is 14.6 Å². The first kappa shape index (κ1) is 26.6. The SMILES string of the molecule is C=CCOc1ccc(C=c2sc3n(c2=O)C(CC)(c2ccc(OCC)cc2)C(C(=O)O)=C(C)N=3)cc1Br. The molecule has 9 heteroatoms. The fourth-order valence-corrected chi connectivity index (χ4v) is 6.25. The molecule has 7 nitrogen and oxygen atoms in total. The summed E-state index contributed by atoms with van der Waals surface area (Å²) in [7, 11) is 0. The van der Waals surface area contributed by atoms with E-state index in [4.69, 9.17) is 9.47 Å². The van der Waals surface area contributed by atoms with Crippen LogP contribution in [0.25, 0.3) is 6.08 Å². The number of thiazole rings is 1. The molecule has 1 N–H and O–H groups in total. The van der Waals surface area contributed by atoms with Crippen molar-refractivity contribution < 1.29 is 19.4 Å². The van der Waals surface area contributed by atoms with Gasteiger partial charge in [0.1, 0.15) is 23.6 Å². The van der Waals surface area contributed by atoms with Gasteiger partial charge in [-0.1, -0.05) is 49.1 Å². The molecule has 2 aromatic carbocycles. The van der Waals surface area contributed by atoms with Gasteiger partial charge in [-0.2, -0.15) is 0 Å². The van der Waals surface area contributed by atoms with Crippen LogP contribution >= 0.6 is 27.3 Å². The lowest BCUT2D eigenvalue weighted by Crippen LogP contribution is -2.52. The third-order valence-corrected chi connectivity index (χ3v) is 7.79. The second-order valence-corrected chi connectivity index (χ2v) is 10.2. The maximum atomic E-state index is 13.9. The van der Waals surface area contributed by atoms with E-state index in [1.807, 2.05) is 44.2 Å². The molecule has 37 heavy (non-hydrogen) atoms. The lowest BCUT2D eigenvalue weighted by atomic mass is 9.78. The van der Waals surface area contributed by atoms with Gasteiger partial charge in [0, 0.05) is 0 Å². The van der Waals surface area contributed by atoms with Gasteiger partial charge in [0.15, 0.2) is 4.80 Å². The maximum Gasteiger partial charge on any atom is 0.336 e. The summed E-state index contributed by atoms with van der Waals surface area (Å²) in [4.78, 5) is 31.5. The summed E-state index contributed by atoms with van der Waals surface area (Å²) in [5.74, 6) is 0.236. The summed E-state index contributed by atoms with van der Waals surface area (Å²) in [5.41, 5.74) is 0.422. The average Bonchev–Trinajstić information content (AvgIpc) is 3.17. The molecule has 0 aliphatic carbocycles. The van der Waals surface area contributed by atoms with E-state index >= 15 is 0 Å². The predicted molar refractivity (Wildman–Crippen MR) is 148 cm³/mol. The van der Waals surface area contributed by atoms with Crippen molar-refractivity contribution in [3.63, 3.8) is 0 Å². The smallest absolute Gasteiger partial charge is 0.336 e. The lowest BCUT2D eigenvalue weighted by molar-refractivity contribution is -0.133. The maximum absolute atomic E-state index is 13.9. The number of ether oxygens (including phenoxy) is 2. The van der Waals surface area contributed by atoms with Crippen LogP contribution in [0.2, 0.25) is 0 Å². The van der Waals surface area contributed by atoms with Crippen LogP contribution in [0.15, 0.2) is 80.6 Å². The van der Waals surface area contributed by atoms with Crippen molar-refractivity contribution in [2.24, 2.45) is 4.99 Å². The molecule has 0 radical (unpaired) electrons. The second kappa shape index (κ2) is 10.9. The molecule has 0 saturated carbocycles. The third kappa shape index (κ3) is 4.81. The number of hydrogen-bond acceptors (Lipinski definition) is 6. The average molecular weight is 584 g/mol. The molecule has 192 valence electrons. The second-order valence-electron chi connectivity index (χ2n) is 8.37. The van der Waals surface area contributed by atoms with Crippen molar-refractivity contribution in [1.82, 2.24) is 4.57 Å². The Morgan fingerprint density at radius 1 is 1.22 bits per heavy atom. The Labute approximate surface area is 226 Å². The summed E-state index contributed by atoms with van der Waals surface area (Å²) < 4.78 is 13.9. The molecule has 1 aliphatic heterocycles. The van der Waals surface area contributed by atoms with Crippen LogP contribution < -0.4 is 24.4 Å². The fourth-order valence-electron chi connectivity index (χ4n) is 4.66. The highest BCUT2D eigenvalue weighted by atomic mass is 79.9. The Kier molecular flexibility index (Phi) is 7.85. The van der Waals surface area contributed by atoms with Crippen molar-refractivity contribution >= 4 is 39.3 Å². The van der Waals surface area contributed by atoms with Gasteiger partial charge in [0.25, 0.3) is 5.56 Å². The molecule has 4 rings (SSSR count). The number of fused-ring (bicyclic) bond motifs is 1. The van der Waals surface area contributed by atoms with Crippen LogP contribution in [0.4, 0.5) is 0 Å². The number of carbonyl (C=O) groups is 1. The van der Waals surface area contributed by atoms with E-state index in [0.717, 1.165) is 10.0 Å². The minimum absolute atomic E-state index is 0.0876. The van der Waals surface area contributed by atoms with Crippen LogP contribution in [0.5, 0.6) is 11.5 Å². The van der Waals surface area contributed by atoms with Crippen LogP contribution in [0.3, 0.4) is 0 Å². The van der Waals surface area contributed by atoms with E-state index in [0.29, 0.717) is 51.7 Å². The monoisotopic (exact) mass is 582 g/mol. The van der Waals surface area contributed by atoms with E-state index < -0.39 is 11.5 Å². The number of aromatic nitrogens is 1. The molecular formula is C28H27BrN2O5S. The predicted octanol–water partition coefficient (Wildman–Crippen LogP) is 4.61. The molecule has 0 spiro atoms. The largest absolute Gasteiger partial charge is 0.494 e. The summed E-state index contributed by atoms with van der Waals surface area (Å²) in [6.45, 7) is 10.0. The van der Waals surface area contributed by atoms with Crippen LogP contribution in [0, 0.1) is 0 Å². The zero-order valence-electron chi connectivity index (χ0n) is 20.8. The normalized spacial score (nSPS) is 17.2. The topological polar surface area (TPSA) is 90.1 Å². The number of nitrogens with zero attached hydrogens (tertiary/aromatic N) is 2. The fraction of sp³-hybridized carbons (Fsp3) is 0.250. The molecule has 0 fully saturated rings. The first-order chi connectivity index (χ1) is 17.8. The number of carboxylic acids is 1. The van der Waals surface area contributed by atoms with E-state index in [-0.39, 0.29) is 11.1 Å². The molecule has 0 saturated heterocycles. The molecule has 1 aliphatic rings. The van der Waals surface area contributed by atoms with Gasteiger partial charge in [0.05, 0.1) is 26.9 Å². The minimum Gasteiger partial charge on any atom is -0.494 e. The molecule has 0 amide bonds. The number of benzene rings is 2. The Balaban J connectivity index is 1.93. The van der Waals surface area contributed by atoms with E-state index in [2.05, 4.69) is 27.5 Å². The van der Waals surface area contributed by atoms with Crippen molar-refractivity contribution in [3.05, 3.63) is 102 Å². The Morgan fingerprint density at radius 2 is 1.95 bits per heavy atom. The quantitative estimate of drug-likeness (QED) is 0.372. The summed E-state index contributed by atoms with van der Waals surface area (Å²) >= 11 is 4.75. The van der Waals surface area contributed by atoms with E-state index in [1.54, 1.807) is 31.2 Å². The van der Waals surface area contributed by atoms with E-state index in [9.17, 15) is 14.7 Å². The first-order valence-electron chi connectivity index (χ1n) is 11.8. The van der Waals surface area contributed by atoms with E-state index in [1.165, 1.54) is 15.9 Å². The molecule has 3 aromatic rings. The number of rotatable bonds is 9. The molecule has 1 atom stereocenters. The van der Waals surface area contributed by atoms with Gasteiger partial charge in [-0.15, -0.1) is 0 Å². The molecule has 1 aromatic heterocycles. The zero-order chi connectivity index (χ0) is 26.7. The Morgan fingerprint density at radius 3 is 2.54 bits per heavy atom. The van der Waals surface area contributed by atoms with Gasteiger partial charge >= 0.3 is 5.97 Å². The highest BCUT2D eigenvalue weighted by molar-refractivity contribution is 9.10. The number of hydrogen-bond donors (Lipinski definition) is 1. The standard InChI is InChI=1S/C28H27BrN2O5S/c1-5-14-36-22-13-8-18(15-21(22)29)16-23-25(32)31-27(37-23)30-17(4)24(26(33)34)28(31,6-2)19-9-11-20(12-10-19)35-7-3/h5,8-13,15-16H,1,6-7,14H2,2-4H3,(H,33,34). The van der Waals surface area contributed by atoms with Crippen molar-refractivity contribution in [3.8, 4) is 11.5 Å². The van der Waals surface area contributed by atoms with Crippen LogP contribution in [-0.4, -0.2) is 28.9 Å². The van der Waals surface area contributed by atoms with Crippen LogP contribution in [0.1, 0.15) is 38.3 Å². The summed E-state index contributed by atoms with van der Waals surface area (Å²) in [6.07, 6.45) is 3.79. The first-order valence-corrected chi connectivity index (χ1v) is 13.4. The number of halogens is 1. The van der Waals surface area contributed by atoms with Gasteiger partial charge in [0.2, 0.25) is 0 Å². The summed E-state index contributed by atoms with van der Waals surface area (Å²) in [5, 5.41) is 10.3. The highest BCUT2D eigenvalue weighted by Crippen LogP contribution is 2.40. The van der Waals surface area contributed by atoms with Crippen LogP contribution in [-0.2, 0) is 10.3 Å². The third-order valence-electron chi connectivity index (χ3n) is 6.21. The highest BCUT2D eigenvalue weighted by Gasteiger charge is 2.45. The zero-order valence-corrected chi connectivity index (χ0v) is 23.2. The molecule has 2 heterocycles. The van der Waals surface area contributed by atoms with Gasteiger partial charge in [-0.3, -0.25) is 9.36 Å². The minimum atomic E-state index is -1.22. The van der Waals surface area contributed by atoms with Crippen molar-refractivity contribution in [2.45, 2.75) is 32.7 Å². The summed E-state index contributed by atoms with van der Waals surface area (Å²) in [6, 6.07) is 12.8.